The van der Waals surface area contributed by atoms with Crippen molar-refractivity contribution < 1.29 is 19.4 Å². The van der Waals surface area contributed by atoms with Crippen LogP contribution in [0, 0.1) is 6.92 Å². The second-order valence-corrected chi connectivity index (χ2v) is 6.16. The number of oxazole rings is 1. The predicted molar refractivity (Wildman–Crippen MR) is 73.3 cm³/mol. The maximum atomic E-state index is 5.34. The number of hydrogen-bond acceptors (Lipinski definition) is 4. The number of aryl methyl sites for hydroxylation is 1. The Bertz CT molecular complexity index is 674. The van der Waals surface area contributed by atoms with E-state index in [1.54, 1.807) is 23.8 Å². The third kappa shape index (κ3) is 2.50. The maximum absolute atomic E-state index is 5.34. The summed E-state index contributed by atoms with van der Waals surface area (Å²) in [4.78, 5) is 10.9. The summed E-state index contributed by atoms with van der Waals surface area (Å²) < 4.78 is 6.46. The first-order chi connectivity index (χ1) is 9.28. The van der Waals surface area contributed by atoms with Crippen molar-refractivity contribution in [3.63, 3.8) is 0 Å². The summed E-state index contributed by atoms with van der Waals surface area (Å²) in [6.45, 7) is 2.10. The Morgan fingerprint density at radius 2 is 2.16 bits per heavy atom. The molecular formula is C14H12FeN2OS. The van der Waals surface area contributed by atoms with Crippen LogP contribution < -0.4 is 4.59 Å². The van der Waals surface area contributed by atoms with Gasteiger partial charge >= 0.3 is 122 Å². The molecule has 5 heteroatoms. The molecule has 0 atom stereocenters. The minimum absolute atomic E-state index is 0.678. The van der Waals surface area contributed by atoms with Gasteiger partial charge in [0.05, 0.1) is 0 Å². The normalized spacial score (nSPS) is 11.1. The molecule has 0 radical (unpaired) electrons. The van der Waals surface area contributed by atoms with E-state index >= 15 is 0 Å². The Morgan fingerprint density at radius 1 is 1.26 bits per heavy atom. The second kappa shape index (κ2) is 5.29. The quantitative estimate of drug-likeness (QED) is 0.695. The molecule has 19 heavy (non-hydrogen) atoms. The van der Waals surface area contributed by atoms with Crippen LogP contribution in [0.15, 0.2) is 41.3 Å². The van der Waals surface area contributed by atoms with Crippen molar-refractivity contribution in [1.29, 1.82) is 0 Å². The molecule has 0 saturated heterocycles. The first-order valence-electron chi connectivity index (χ1n) is 5.70. The number of pyridine rings is 1. The summed E-state index contributed by atoms with van der Waals surface area (Å²) in [5, 5.41) is 0. The Labute approximate surface area is 121 Å². The van der Waals surface area contributed by atoms with Gasteiger partial charge in [-0.25, -0.2) is 0 Å². The molecule has 0 amide bonds. The van der Waals surface area contributed by atoms with Crippen LogP contribution in [0.4, 0.5) is 0 Å². The van der Waals surface area contributed by atoms with Gasteiger partial charge in [-0.1, -0.05) is 0 Å². The van der Waals surface area contributed by atoms with Crippen LogP contribution in [0.5, 0.6) is 0 Å². The van der Waals surface area contributed by atoms with Gasteiger partial charge in [0.25, 0.3) is 0 Å². The van der Waals surface area contributed by atoms with Crippen molar-refractivity contribution in [2.75, 3.05) is 0 Å². The number of hydrogen-bond donors (Lipinski definition) is 0. The molecule has 0 aliphatic heterocycles. The zero-order valence-electron chi connectivity index (χ0n) is 10.5. The fraction of sp³-hybridized carbons (Fsp3) is 0.143. The van der Waals surface area contributed by atoms with Crippen LogP contribution in [0.1, 0.15) is 5.56 Å². The summed E-state index contributed by atoms with van der Waals surface area (Å²) in [5.41, 5.74) is 2.38. The molecule has 3 rings (SSSR count). The van der Waals surface area contributed by atoms with Crippen LogP contribution in [0.2, 0.25) is 5.82 Å². The molecule has 0 fully saturated rings. The molecular weight excluding hydrogens is 300 g/mol. The van der Waals surface area contributed by atoms with E-state index in [4.69, 9.17) is 4.42 Å². The summed E-state index contributed by atoms with van der Waals surface area (Å²) >= 11 is 2.65. The molecule has 3 aromatic heterocycles. The summed E-state index contributed by atoms with van der Waals surface area (Å²) in [7, 11) is 0. The predicted octanol–water partition coefficient (Wildman–Crippen LogP) is 3.53. The van der Waals surface area contributed by atoms with E-state index < -0.39 is 0 Å². The van der Waals surface area contributed by atoms with E-state index in [0.29, 0.717) is 5.89 Å². The standard InChI is InChI=1S/C13H9N2OS.CH3.Fe/c1-9-7-11(13-15-5-6-16-13)17-12(9)10-3-2-4-14-8-10;;/h2-3,5-8H,1H3;1H3;. The van der Waals surface area contributed by atoms with Crippen LogP contribution in [0.3, 0.4) is 0 Å². The fourth-order valence-corrected chi connectivity index (χ4v) is 3.42. The molecule has 0 saturated carbocycles. The van der Waals surface area contributed by atoms with Crippen LogP contribution in [-0.2, 0) is 15.0 Å². The van der Waals surface area contributed by atoms with Crippen molar-refractivity contribution in [2.45, 2.75) is 12.7 Å². The first kappa shape index (κ1) is 12.6. The van der Waals surface area contributed by atoms with Crippen molar-refractivity contribution in [1.82, 2.24) is 9.97 Å². The molecule has 0 bridgehead atoms. The average molecular weight is 312 g/mol. The fourth-order valence-electron chi connectivity index (χ4n) is 1.83. The SMILES string of the molecule is [CH3][Fe][c]1ccc(-c2sc(-c3ncco3)cc2C)cn1. The molecule has 0 aliphatic rings. The van der Waals surface area contributed by atoms with Gasteiger partial charge in [-0.05, 0) is 0 Å². The van der Waals surface area contributed by atoms with E-state index in [1.807, 2.05) is 6.20 Å². The summed E-state index contributed by atoms with van der Waals surface area (Å²) in [6.07, 6.45) is 5.21. The number of nitrogens with zero attached hydrogens (tertiary/aromatic N) is 2. The third-order valence-corrected chi connectivity index (χ3v) is 4.89. The molecule has 0 unspecified atom stereocenters. The molecule has 3 aromatic rings. The van der Waals surface area contributed by atoms with Crippen LogP contribution in [-0.4, -0.2) is 9.97 Å². The number of thiophene rings is 1. The number of aromatic nitrogens is 2. The molecule has 0 spiro atoms. The summed E-state index contributed by atoms with van der Waals surface area (Å²) in [5.74, 6) is 2.79. The van der Waals surface area contributed by atoms with Gasteiger partial charge in [0.2, 0.25) is 0 Å². The van der Waals surface area contributed by atoms with Gasteiger partial charge in [-0.2, -0.15) is 0 Å². The van der Waals surface area contributed by atoms with Gasteiger partial charge < -0.3 is 0 Å². The van der Waals surface area contributed by atoms with Crippen molar-refractivity contribution in [2.24, 2.45) is 0 Å². The first-order valence-corrected chi connectivity index (χ1v) is 8.17. The van der Waals surface area contributed by atoms with Crippen LogP contribution >= 0.6 is 11.3 Å². The van der Waals surface area contributed by atoms with Crippen LogP contribution in [0.25, 0.3) is 21.2 Å². The van der Waals surface area contributed by atoms with Crippen molar-refractivity contribution in [3.8, 4) is 21.2 Å². The minimum atomic E-state index is 0.678. The van der Waals surface area contributed by atoms with E-state index in [2.05, 4.69) is 40.9 Å². The monoisotopic (exact) mass is 312 g/mol. The Kier molecular flexibility index (Phi) is 3.51. The molecule has 0 aliphatic carbocycles. The molecule has 3 nitrogen and oxygen atoms in total. The second-order valence-electron chi connectivity index (χ2n) is 3.99. The van der Waals surface area contributed by atoms with E-state index in [1.165, 1.54) is 10.4 Å². The zero-order chi connectivity index (χ0) is 13.2. The van der Waals surface area contributed by atoms with Gasteiger partial charge in [0, 0.05) is 0 Å². The molecule has 0 N–H and O–H groups in total. The summed E-state index contributed by atoms with van der Waals surface area (Å²) in [6, 6.07) is 6.32. The van der Waals surface area contributed by atoms with Gasteiger partial charge in [-0.3, -0.25) is 0 Å². The van der Waals surface area contributed by atoms with E-state index in [0.717, 1.165) is 30.0 Å². The van der Waals surface area contributed by atoms with E-state index in [9.17, 15) is 0 Å². The topological polar surface area (TPSA) is 38.9 Å². The molecule has 98 valence electrons. The Hall–Kier alpha value is -1.42. The Morgan fingerprint density at radius 3 is 2.79 bits per heavy atom. The molecule has 3 heterocycles. The van der Waals surface area contributed by atoms with Gasteiger partial charge in [0.15, 0.2) is 0 Å². The molecule has 0 aromatic carbocycles. The van der Waals surface area contributed by atoms with Crippen molar-refractivity contribution in [3.05, 3.63) is 42.4 Å². The van der Waals surface area contributed by atoms with Gasteiger partial charge in [0.1, 0.15) is 0 Å². The van der Waals surface area contributed by atoms with Crippen molar-refractivity contribution >= 4 is 15.9 Å². The zero-order valence-corrected chi connectivity index (χ0v) is 12.4. The average Bonchev–Trinajstić information content (AvgIpc) is 3.08. The Balaban J connectivity index is 2.00. The number of rotatable bonds is 3. The third-order valence-electron chi connectivity index (χ3n) is 2.72. The van der Waals surface area contributed by atoms with E-state index in [-0.39, 0.29) is 0 Å². The van der Waals surface area contributed by atoms with Gasteiger partial charge in [-0.15, -0.1) is 0 Å².